The first-order valence-electron chi connectivity index (χ1n) is 5.42. The molecule has 0 aliphatic heterocycles. The van der Waals surface area contributed by atoms with Crippen molar-refractivity contribution in [2.24, 2.45) is 11.7 Å². The molecular weight excluding hydrogens is 204 g/mol. The van der Waals surface area contributed by atoms with Crippen molar-refractivity contribution in [1.82, 2.24) is 4.98 Å². The first kappa shape index (κ1) is 12.5. The first-order chi connectivity index (χ1) is 7.11. The molecule has 1 aromatic heterocycles. The molecule has 0 fully saturated rings. The third-order valence-electron chi connectivity index (χ3n) is 2.17. The van der Waals surface area contributed by atoms with Gasteiger partial charge >= 0.3 is 0 Å². The number of aromatic nitrogens is 1. The van der Waals surface area contributed by atoms with E-state index in [-0.39, 0.29) is 0 Å². The van der Waals surface area contributed by atoms with Crippen molar-refractivity contribution in [2.45, 2.75) is 38.8 Å². The molecule has 0 aromatic carbocycles. The van der Waals surface area contributed by atoms with Gasteiger partial charge in [0, 0.05) is 12.2 Å². The van der Waals surface area contributed by atoms with Gasteiger partial charge in [0.05, 0.1) is 5.03 Å². The summed E-state index contributed by atoms with van der Waals surface area (Å²) in [5, 5.41) is 1.11. The van der Waals surface area contributed by atoms with Crippen LogP contribution in [0, 0.1) is 12.8 Å². The van der Waals surface area contributed by atoms with Gasteiger partial charge in [0.15, 0.2) is 0 Å². The van der Waals surface area contributed by atoms with Crippen LogP contribution < -0.4 is 5.73 Å². The van der Waals surface area contributed by atoms with E-state index in [4.69, 9.17) is 5.73 Å². The molecule has 1 aromatic rings. The Morgan fingerprint density at radius 3 is 2.73 bits per heavy atom. The predicted molar refractivity (Wildman–Crippen MR) is 67.0 cm³/mol. The number of hydrogen-bond acceptors (Lipinski definition) is 3. The lowest BCUT2D eigenvalue weighted by atomic mass is 10.2. The minimum atomic E-state index is 0.598. The Hall–Kier alpha value is -0.540. The molecule has 2 N–H and O–H groups in total. The molecule has 0 atom stereocenters. The standard InChI is InChI=1S/C12H20N2S/c1-9(2)4-5-15-12-7-11(8-13)6-10(3)14-12/h6-7,9H,4-5,8,13H2,1-3H3. The van der Waals surface area contributed by atoms with Crippen LogP contribution in [0.5, 0.6) is 0 Å². The largest absolute Gasteiger partial charge is 0.326 e. The quantitative estimate of drug-likeness (QED) is 0.781. The Balaban J connectivity index is 2.56. The maximum Gasteiger partial charge on any atom is 0.0966 e. The maximum atomic E-state index is 5.63. The fraction of sp³-hybridized carbons (Fsp3) is 0.583. The zero-order valence-corrected chi connectivity index (χ0v) is 10.6. The van der Waals surface area contributed by atoms with Crippen LogP contribution in [0.15, 0.2) is 17.2 Å². The average molecular weight is 224 g/mol. The van der Waals surface area contributed by atoms with Gasteiger partial charge < -0.3 is 5.73 Å². The fourth-order valence-electron chi connectivity index (χ4n) is 1.30. The molecule has 0 saturated heterocycles. The van der Waals surface area contributed by atoms with Gasteiger partial charge in [0.2, 0.25) is 0 Å². The summed E-state index contributed by atoms with van der Waals surface area (Å²) in [5.74, 6) is 1.90. The molecular formula is C12H20N2S. The molecule has 3 heteroatoms. The normalized spacial score (nSPS) is 11.0. The third-order valence-corrected chi connectivity index (χ3v) is 3.12. The highest BCUT2D eigenvalue weighted by Gasteiger charge is 2.01. The van der Waals surface area contributed by atoms with Crippen molar-refractivity contribution >= 4 is 11.8 Å². The first-order valence-corrected chi connectivity index (χ1v) is 6.41. The number of rotatable bonds is 5. The van der Waals surface area contributed by atoms with Crippen molar-refractivity contribution < 1.29 is 0 Å². The van der Waals surface area contributed by atoms with E-state index in [0.717, 1.165) is 22.4 Å². The number of pyridine rings is 1. The molecule has 0 saturated carbocycles. The second-order valence-corrected chi connectivity index (χ2v) is 5.31. The third kappa shape index (κ3) is 4.67. The highest BCUT2D eigenvalue weighted by atomic mass is 32.2. The summed E-state index contributed by atoms with van der Waals surface area (Å²) in [6.07, 6.45) is 1.23. The van der Waals surface area contributed by atoms with Gasteiger partial charge in [-0.2, -0.15) is 0 Å². The van der Waals surface area contributed by atoms with Crippen LogP contribution in [0.2, 0.25) is 0 Å². The van der Waals surface area contributed by atoms with E-state index in [2.05, 4.69) is 24.9 Å². The van der Waals surface area contributed by atoms with Crippen molar-refractivity contribution in [2.75, 3.05) is 5.75 Å². The minimum Gasteiger partial charge on any atom is -0.326 e. The van der Waals surface area contributed by atoms with Gasteiger partial charge in [-0.1, -0.05) is 13.8 Å². The summed E-state index contributed by atoms with van der Waals surface area (Å²) in [6.45, 7) is 7.11. The van der Waals surface area contributed by atoms with E-state index in [9.17, 15) is 0 Å². The Bertz CT molecular complexity index is 310. The van der Waals surface area contributed by atoms with Crippen LogP contribution in [-0.4, -0.2) is 10.7 Å². The van der Waals surface area contributed by atoms with Gasteiger partial charge in [0.25, 0.3) is 0 Å². The molecule has 1 heterocycles. The van der Waals surface area contributed by atoms with Crippen molar-refractivity contribution in [1.29, 1.82) is 0 Å². The summed E-state index contributed by atoms with van der Waals surface area (Å²) in [7, 11) is 0. The lowest BCUT2D eigenvalue weighted by Crippen LogP contribution is -1.99. The summed E-state index contributed by atoms with van der Waals surface area (Å²) >= 11 is 1.83. The van der Waals surface area contributed by atoms with Gasteiger partial charge in [-0.25, -0.2) is 4.98 Å². The van der Waals surface area contributed by atoms with E-state index < -0.39 is 0 Å². The van der Waals surface area contributed by atoms with E-state index in [1.807, 2.05) is 24.8 Å². The summed E-state index contributed by atoms with van der Waals surface area (Å²) in [6, 6.07) is 4.14. The smallest absolute Gasteiger partial charge is 0.0966 e. The van der Waals surface area contributed by atoms with Crippen LogP contribution in [-0.2, 0) is 6.54 Å². The van der Waals surface area contributed by atoms with Gasteiger partial charge in [0.1, 0.15) is 0 Å². The zero-order chi connectivity index (χ0) is 11.3. The van der Waals surface area contributed by atoms with Gasteiger partial charge in [-0.3, -0.25) is 0 Å². The van der Waals surface area contributed by atoms with Crippen LogP contribution >= 0.6 is 11.8 Å². The molecule has 0 bridgehead atoms. The Kier molecular flexibility index (Phi) is 5.12. The average Bonchev–Trinajstić information content (AvgIpc) is 2.16. The number of thioether (sulfide) groups is 1. The topological polar surface area (TPSA) is 38.9 Å². The molecule has 0 unspecified atom stereocenters. The number of nitrogens with two attached hydrogens (primary N) is 1. The highest BCUT2D eigenvalue weighted by Crippen LogP contribution is 2.20. The summed E-state index contributed by atoms with van der Waals surface area (Å²) in [4.78, 5) is 4.49. The van der Waals surface area contributed by atoms with E-state index >= 15 is 0 Å². The highest BCUT2D eigenvalue weighted by molar-refractivity contribution is 7.99. The van der Waals surface area contributed by atoms with Crippen LogP contribution in [0.25, 0.3) is 0 Å². The Labute approximate surface area is 96.7 Å². The van der Waals surface area contributed by atoms with E-state index in [1.165, 1.54) is 12.0 Å². The van der Waals surface area contributed by atoms with Crippen LogP contribution in [0.4, 0.5) is 0 Å². The maximum absolute atomic E-state index is 5.63. The van der Waals surface area contributed by atoms with Crippen LogP contribution in [0.3, 0.4) is 0 Å². The Morgan fingerprint density at radius 2 is 2.13 bits per heavy atom. The lowest BCUT2D eigenvalue weighted by Gasteiger charge is -2.06. The molecule has 0 radical (unpaired) electrons. The monoisotopic (exact) mass is 224 g/mol. The molecule has 0 aliphatic carbocycles. The fourth-order valence-corrected chi connectivity index (χ4v) is 2.54. The molecule has 0 aliphatic rings. The summed E-state index contributed by atoms with van der Waals surface area (Å²) in [5.41, 5.74) is 7.86. The summed E-state index contributed by atoms with van der Waals surface area (Å²) < 4.78 is 0. The predicted octanol–water partition coefficient (Wildman–Crippen LogP) is 2.99. The Morgan fingerprint density at radius 1 is 1.40 bits per heavy atom. The van der Waals surface area contributed by atoms with Crippen molar-refractivity contribution in [3.8, 4) is 0 Å². The zero-order valence-electron chi connectivity index (χ0n) is 9.79. The molecule has 15 heavy (non-hydrogen) atoms. The number of aryl methyl sites for hydroxylation is 1. The van der Waals surface area contributed by atoms with Gasteiger partial charge in [-0.05, 0) is 42.7 Å². The SMILES string of the molecule is Cc1cc(CN)cc(SCCC(C)C)n1. The second kappa shape index (κ2) is 6.13. The second-order valence-electron chi connectivity index (χ2n) is 4.19. The van der Waals surface area contributed by atoms with Gasteiger partial charge in [-0.15, -0.1) is 11.8 Å². The van der Waals surface area contributed by atoms with Crippen molar-refractivity contribution in [3.05, 3.63) is 23.4 Å². The molecule has 2 nitrogen and oxygen atoms in total. The van der Waals surface area contributed by atoms with E-state index in [0.29, 0.717) is 6.54 Å². The molecule has 0 spiro atoms. The molecule has 1 rings (SSSR count). The van der Waals surface area contributed by atoms with Crippen molar-refractivity contribution in [3.63, 3.8) is 0 Å². The number of nitrogens with zero attached hydrogens (tertiary/aromatic N) is 1. The van der Waals surface area contributed by atoms with Crippen LogP contribution in [0.1, 0.15) is 31.5 Å². The molecule has 84 valence electrons. The molecule has 0 amide bonds. The van der Waals surface area contributed by atoms with E-state index in [1.54, 1.807) is 0 Å². The lowest BCUT2D eigenvalue weighted by molar-refractivity contribution is 0.632. The minimum absolute atomic E-state index is 0.598. The number of hydrogen-bond donors (Lipinski definition) is 1.